The molecular formula is C20H25N5OS. The zero-order valence-corrected chi connectivity index (χ0v) is 16.2. The fourth-order valence-corrected chi connectivity index (χ4v) is 6.32. The highest BCUT2D eigenvalue weighted by Crippen LogP contribution is 2.34. The maximum Gasteiger partial charge on any atom is 0.271 e. The van der Waals surface area contributed by atoms with Crippen molar-refractivity contribution in [3.63, 3.8) is 0 Å². The fraction of sp³-hybridized carbons (Fsp3) is 0.600. The van der Waals surface area contributed by atoms with Crippen LogP contribution in [-0.4, -0.2) is 66.0 Å². The third-order valence-electron chi connectivity index (χ3n) is 7.03. The molecule has 0 unspecified atom stereocenters. The molecule has 6 nitrogen and oxygen atoms in total. The molecule has 0 saturated carbocycles. The molecule has 1 aromatic heterocycles. The van der Waals surface area contributed by atoms with Gasteiger partial charge in [-0.05, 0) is 68.0 Å². The second kappa shape index (κ2) is 6.15. The summed E-state index contributed by atoms with van der Waals surface area (Å²) in [5, 5.41) is 7.83. The van der Waals surface area contributed by atoms with Gasteiger partial charge in [-0.3, -0.25) is 4.79 Å². The minimum Gasteiger partial charge on any atom is -0.366 e. The van der Waals surface area contributed by atoms with Crippen molar-refractivity contribution in [2.75, 3.05) is 37.6 Å². The Hall–Kier alpha value is -1.70. The van der Waals surface area contributed by atoms with Gasteiger partial charge in [0.1, 0.15) is 5.69 Å². The highest BCUT2D eigenvalue weighted by Gasteiger charge is 2.38. The van der Waals surface area contributed by atoms with E-state index >= 15 is 0 Å². The van der Waals surface area contributed by atoms with Crippen LogP contribution in [0, 0.1) is 5.92 Å². The number of carbonyl (C=O) groups is 1. The number of nitrogens with one attached hydrogen (secondary N) is 2. The number of rotatable bonds is 3. The van der Waals surface area contributed by atoms with Crippen molar-refractivity contribution < 1.29 is 4.79 Å². The summed E-state index contributed by atoms with van der Waals surface area (Å²) in [7, 11) is 0. The molecule has 3 atom stereocenters. The molecule has 27 heavy (non-hydrogen) atoms. The Morgan fingerprint density at radius 2 is 2.15 bits per heavy atom. The van der Waals surface area contributed by atoms with Crippen LogP contribution < -0.4 is 15.5 Å². The molecule has 1 aromatic carbocycles. The molecule has 5 fully saturated rings. The summed E-state index contributed by atoms with van der Waals surface area (Å²) >= 11 is 1.45. The number of aromatic nitrogens is 1. The van der Waals surface area contributed by atoms with Crippen LogP contribution in [0.25, 0.3) is 10.1 Å². The normalized spacial score (nSPS) is 34.5. The van der Waals surface area contributed by atoms with E-state index in [1.165, 1.54) is 49.6 Å². The predicted octanol–water partition coefficient (Wildman–Crippen LogP) is 1.67. The lowest BCUT2D eigenvalue weighted by molar-refractivity contribution is 0.0619. The van der Waals surface area contributed by atoms with Gasteiger partial charge in [0.25, 0.3) is 5.91 Å². The number of piperazine rings is 1. The summed E-state index contributed by atoms with van der Waals surface area (Å²) in [6, 6.07) is 8.01. The lowest BCUT2D eigenvalue weighted by atomic mass is 9.84. The summed E-state index contributed by atoms with van der Waals surface area (Å²) in [6.07, 6.45) is 3.66. The van der Waals surface area contributed by atoms with E-state index in [-0.39, 0.29) is 11.9 Å². The molecule has 1 amide bonds. The molecule has 0 radical (unpaired) electrons. The molecule has 7 rings (SSSR count). The number of hydrogen-bond donors (Lipinski definition) is 2. The van der Waals surface area contributed by atoms with E-state index in [1.54, 1.807) is 0 Å². The van der Waals surface area contributed by atoms with Gasteiger partial charge in [-0.25, -0.2) is 0 Å². The van der Waals surface area contributed by atoms with Crippen molar-refractivity contribution in [3.8, 4) is 0 Å². The number of fused-ring (bicyclic) bond motifs is 6. The zero-order chi connectivity index (χ0) is 18.0. The summed E-state index contributed by atoms with van der Waals surface area (Å²) in [5.74, 6) is 0.631. The van der Waals surface area contributed by atoms with E-state index in [9.17, 15) is 4.79 Å². The predicted molar refractivity (Wildman–Crippen MR) is 108 cm³/mol. The van der Waals surface area contributed by atoms with Crippen LogP contribution in [0.15, 0.2) is 18.2 Å². The first-order valence-corrected chi connectivity index (χ1v) is 10.9. The molecule has 142 valence electrons. The number of nitrogens with zero attached hydrogens (tertiary/aromatic N) is 3. The molecule has 0 spiro atoms. The van der Waals surface area contributed by atoms with Gasteiger partial charge >= 0.3 is 0 Å². The average Bonchev–Trinajstić information content (AvgIpc) is 3.43. The smallest absolute Gasteiger partial charge is 0.271 e. The summed E-state index contributed by atoms with van der Waals surface area (Å²) in [6.45, 7) is 5.54. The summed E-state index contributed by atoms with van der Waals surface area (Å²) < 4.78 is 5.64. The van der Waals surface area contributed by atoms with Crippen LogP contribution in [0.3, 0.4) is 0 Å². The van der Waals surface area contributed by atoms with Crippen LogP contribution in [0.1, 0.15) is 29.8 Å². The number of carbonyl (C=O) groups excluding carboxylic acids is 1. The first-order chi connectivity index (χ1) is 13.2. The Labute approximate surface area is 163 Å². The molecule has 2 aromatic rings. The Morgan fingerprint density at radius 3 is 2.85 bits per heavy atom. The second-order valence-electron chi connectivity index (χ2n) is 8.58. The summed E-state index contributed by atoms with van der Waals surface area (Å²) in [4.78, 5) is 17.9. The fourth-order valence-electron chi connectivity index (χ4n) is 5.51. The molecule has 4 bridgehead atoms. The number of anilines is 1. The highest BCUT2D eigenvalue weighted by molar-refractivity contribution is 7.13. The minimum atomic E-state index is -0.00261. The number of piperidine rings is 3. The van der Waals surface area contributed by atoms with Gasteiger partial charge in [0.2, 0.25) is 0 Å². The number of amides is 1. The lowest BCUT2D eigenvalue weighted by Gasteiger charge is -2.44. The van der Waals surface area contributed by atoms with Gasteiger partial charge in [-0.1, -0.05) is 0 Å². The van der Waals surface area contributed by atoms with Crippen molar-refractivity contribution >= 4 is 33.2 Å². The summed E-state index contributed by atoms with van der Waals surface area (Å²) in [5.41, 5.74) is 1.87. The standard InChI is InChI=1S/C20H25N5OS/c26-20(22-17-11-24-5-3-12(17)4-6-24)19-16-2-1-14(8-18(16)27-23-19)25-10-13-7-15(25)9-21-13/h1-2,8,12-13,15,17,21H,3-7,9-11H2,(H,22,26)/t13-,15-,17+/m0/s1. The Morgan fingerprint density at radius 1 is 1.26 bits per heavy atom. The first-order valence-electron chi connectivity index (χ1n) is 10.2. The minimum absolute atomic E-state index is 0.00261. The van der Waals surface area contributed by atoms with Gasteiger partial charge < -0.3 is 20.4 Å². The van der Waals surface area contributed by atoms with E-state index in [0.29, 0.717) is 23.7 Å². The molecule has 6 heterocycles. The lowest BCUT2D eigenvalue weighted by Crippen LogP contribution is -2.57. The van der Waals surface area contributed by atoms with E-state index in [2.05, 4.69) is 43.0 Å². The van der Waals surface area contributed by atoms with Crippen LogP contribution in [0.2, 0.25) is 0 Å². The second-order valence-corrected chi connectivity index (χ2v) is 9.38. The average molecular weight is 384 g/mol. The van der Waals surface area contributed by atoms with Crippen LogP contribution in [0.4, 0.5) is 5.69 Å². The molecule has 5 aliphatic heterocycles. The Balaban J connectivity index is 1.23. The van der Waals surface area contributed by atoms with Crippen molar-refractivity contribution in [2.24, 2.45) is 5.92 Å². The Bertz CT molecular complexity index is 890. The third-order valence-corrected chi connectivity index (χ3v) is 7.84. The first kappa shape index (κ1) is 16.3. The van der Waals surface area contributed by atoms with Crippen molar-refractivity contribution in [3.05, 3.63) is 23.9 Å². The maximum absolute atomic E-state index is 12.9. The molecule has 7 heteroatoms. The van der Waals surface area contributed by atoms with Gasteiger partial charge in [-0.2, -0.15) is 4.37 Å². The van der Waals surface area contributed by atoms with Crippen LogP contribution in [0.5, 0.6) is 0 Å². The molecule has 5 aliphatic rings. The van der Waals surface area contributed by atoms with Gasteiger partial charge in [0.05, 0.1) is 4.70 Å². The molecule has 0 aliphatic carbocycles. The van der Waals surface area contributed by atoms with Gasteiger partial charge in [0, 0.05) is 48.8 Å². The van der Waals surface area contributed by atoms with E-state index < -0.39 is 0 Å². The molecule has 5 saturated heterocycles. The highest BCUT2D eigenvalue weighted by atomic mass is 32.1. The number of hydrogen-bond acceptors (Lipinski definition) is 6. The van der Waals surface area contributed by atoms with E-state index in [4.69, 9.17) is 0 Å². The maximum atomic E-state index is 12.9. The molecular weight excluding hydrogens is 358 g/mol. The largest absolute Gasteiger partial charge is 0.366 e. The number of benzene rings is 1. The molecule has 2 N–H and O–H groups in total. The third kappa shape index (κ3) is 2.67. The van der Waals surface area contributed by atoms with E-state index in [0.717, 1.165) is 29.7 Å². The SMILES string of the molecule is O=C(N[C@@H]1CN2CCC1CC2)c1nsc2cc(N3C[C@@H]4C[C@H]3CN4)ccc12. The van der Waals surface area contributed by atoms with E-state index in [1.807, 2.05) is 0 Å². The zero-order valence-electron chi connectivity index (χ0n) is 15.4. The van der Waals surface area contributed by atoms with Crippen molar-refractivity contribution in [1.29, 1.82) is 0 Å². The topological polar surface area (TPSA) is 60.5 Å². The van der Waals surface area contributed by atoms with Crippen LogP contribution >= 0.6 is 11.5 Å². The monoisotopic (exact) mass is 383 g/mol. The van der Waals surface area contributed by atoms with Gasteiger partial charge in [0.15, 0.2) is 0 Å². The van der Waals surface area contributed by atoms with Crippen LogP contribution in [-0.2, 0) is 0 Å². The van der Waals surface area contributed by atoms with Crippen molar-refractivity contribution in [1.82, 2.24) is 19.9 Å². The quantitative estimate of drug-likeness (QED) is 0.844. The van der Waals surface area contributed by atoms with Gasteiger partial charge in [-0.15, -0.1) is 0 Å². The van der Waals surface area contributed by atoms with Crippen molar-refractivity contribution in [2.45, 2.75) is 37.4 Å². The Kier molecular flexibility index (Phi) is 3.71.